The first-order valence-corrected chi connectivity index (χ1v) is 8.17. The van der Waals surface area contributed by atoms with Gasteiger partial charge >= 0.3 is 5.97 Å². The van der Waals surface area contributed by atoms with Gasteiger partial charge in [0.05, 0.1) is 26.0 Å². The van der Waals surface area contributed by atoms with Crippen molar-refractivity contribution in [2.75, 3.05) is 13.7 Å². The maximum absolute atomic E-state index is 13.0. The van der Waals surface area contributed by atoms with Crippen LogP contribution in [0.1, 0.15) is 30.5 Å². The SMILES string of the molecule is COC(=O)CCN(C(=O)Cc1ccc(F)cc1)C(C)c1ccccc1. The average Bonchev–Trinajstić information content (AvgIpc) is 2.64. The highest BCUT2D eigenvalue weighted by molar-refractivity contribution is 5.80. The fraction of sp³-hybridized carbons (Fsp3) is 0.300. The van der Waals surface area contributed by atoms with Crippen LogP contribution in [0.2, 0.25) is 0 Å². The Morgan fingerprint density at radius 1 is 1.08 bits per heavy atom. The van der Waals surface area contributed by atoms with Gasteiger partial charge < -0.3 is 9.64 Å². The number of carbonyl (C=O) groups is 2. The number of esters is 1. The summed E-state index contributed by atoms with van der Waals surface area (Å²) in [5.41, 5.74) is 1.72. The zero-order chi connectivity index (χ0) is 18.2. The minimum absolute atomic E-state index is 0.119. The molecule has 0 N–H and O–H groups in total. The Hall–Kier alpha value is -2.69. The summed E-state index contributed by atoms with van der Waals surface area (Å²) >= 11 is 0. The molecule has 0 bridgehead atoms. The molecule has 0 spiro atoms. The van der Waals surface area contributed by atoms with Gasteiger partial charge in [-0.2, -0.15) is 0 Å². The maximum Gasteiger partial charge on any atom is 0.307 e. The Labute approximate surface area is 147 Å². The van der Waals surface area contributed by atoms with Crippen molar-refractivity contribution in [2.45, 2.75) is 25.8 Å². The topological polar surface area (TPSA) is 46.6 Å². The van der Waals surface area contributed by atoms with Gasteiger partial charge in [-0.1, -0.05) is 42.5 Å². The van der Waals surface area contributed by atoms with Crippen LogP contribution in [0.25, 0.3) is 0 Å². The number of halogens is 1. The molecule has 0 heterocycles. The van der Waals surface area contributed by atoms with E-state index in [0.29, 0.717) is 0 Å². The number of ether oxygens (including phenoxy) is 1. The normalized spacial score (nSPS) is 11.6. The van der Waals surface area contributed by atoms with E-state index in [1.807, 2.05) is 37.3 Å². The highest BCUT2D eigenvalue weighted by Gasteiger charge is 2.22. The lowest BCUT2D eigenvalue weighted by Gasteiger charge is -2.29. The molecule has 5 heteroatoms. The molecule has 1 atom stereocenters. The summed E-state index contributed by atoms with van der Waals surface area (Å²) in [7, 11) is 1.33. The van der Waals surface area contributed by atoms with Gasteiger partial charge in [-0.05, 0) is 30.2 Å². The van der Waals surface area contributed by atoms with E-state index in [1.54, 1.807) is 17.0 Å². The van der Waals surface area contributed by atoms with Crippen LogP contribution in [-0.2, 0) is 20.7 Å². The van der Waals surface area contributed by atoms with E-state index in [2.05, 4.69) is 4.74 Å². The molecule has 4 nitrogen and oxygen atoms in total. The molecular formula is C20H22FNO3. The molecule has 2 aromatic rings. The molecule has 1 unspecified atom stereocenters. The van der Waals surface area contributed by atoms with Crippen LogP contribution < -0.4 is 0 Å². The van der Waals surface area contributed by atoms with Crippen LogP contribution in [0.4, 0.5) is 4.39 Å². The van der Waals surface area contributed by atoms with Crippen LogP contribution in [0.15, 0.2) is 54.6 Å². The minimum Gasteiger partial charge on any atom is -0.469 e. The van der Waals surface area contributed by atoms with E-state index in [0.717, 1.165) is 11.1 Å². The number of nitrogens with zero attached hydrogens (tertiary/aromatic N) is 1. The molecule has 132 valence electrons. The molecule has 0 aromatic heterocycles. The third-order valence-electron chi connectivity index (χ3n) is 4.12. The number of benzene rings is 2. The first-order chi connectivity index (χ1) is 12.0. The van der Waals surface area contributed by atoms with Crippen molar-refractivity contribution in [3.05, 3.63) is 71.5 Å². The van der Waals surface area contributed by atoms with Crippen molar-refractivity contribution in [1.82, 2.24) is 4.90 Å². The summed E-state index contributed by atoms with van der Waals surface area (Å²) in [6.07, 6.45) is 0.279. The Balaban J connectivity index is 2.15. The van der Waals surface area contributed by atoms with Crippen LogP contribution in [0.5, 0.6) is 0 Å². The van der Waals surface area contributed by atoms with Crippen molar-refractivity contribution < 1.29 is 18.7 Å². The van der Waals surface area contributed by atoms with Crippen LogP contribution in [0, 0.1) is 5.82 Å². The maximum atomic E-state index is 13.0. The first-order valence-electron chi connectivity index (χ1n) is 8.17. The molecule has 1 amide bonds. The Bertz CT molecular complexity index is 701. The van der Waals surface area contributed by atoms with Gasteiger partial charge in [-0.3, -0.25) is 9.59 Å². The molecule has 2 rings (SSSR count). The van der Waals surface area contributed by atoms with E-state index in [1.165, 1.54) is 19.2 Å². The molecule has 0 aliphatic rings. The molecule has 0 radical (unpaired) electrons. The van der Waals surface area contributed by atoms with Crippen LogP contribution >= 0.6 is 0 Å². The van der Waals surface area contributed by atoms with Crippen molar-refractivity contribution >= 4 is 11.9 Å². The predicted molar refractivity (Wildman–Crippen MR) is 93.3 cm³/mol. The van der Waals surface area contributed by atoms with Gasteiger partial charge in [-0.25, -0.2) is 4.39 Å². The molecule has 0 aliphatic heterocycles. The lowest BCUT2D eigenvalue weighted by Crippen LogP contribution is -2.36. The molecule has 0 saturated heterocycles. The number of methoxy groups -OCH3 is 1. The van der Waals surface area contributed by atoms with E-state index < -0.39 is 0 Å². The second kappa shape index (κ2) is 8.97. The highest BCUT2D eigenvalue weighted by atomic mass is 19.1. The third-order valence-corrected chi connectivity index (χ3v) is 4.12. The van der Waals surface area contributed by atoms with Gasteiger partial charge in [0.2, 0.25) is 5.91 Å². The molecule has 0 aliphatic carbocycles. The second-order valence-electron chi connectivity index (χ2n) is 5.80. The number of hydrogen-bond donors (Lipinski definition) is 0. The lowest BCUT2D eigenvalue weighted by atomic mass is 10.0. The Morgan fingerprint density at radius 3 is 2.32 bits per heavy atom. The molecule has 25 heavy (non-hydrogen) atoms. The van der Waals surface area contributed by atoms with Crippen molar-refractivity contribution in [2.24, 2.45) is 0 Å². The summed E-state index contributed by atoms with van der Waals surface area (Å²) in [6.45, 7) is 2.19. The van der Waals surface area contributed by atoms with E-state index in [9.17, 15) is 14.0 Å². The minimum atomic E-state index is -0.361. The lowest BCUT2D eigenvalue weighted by molar-refractivity contribution is -0.142. The summed E-state index contributed by atoms with van der Waals surface area (Å²) in [5.74, 6) is -0.817. The van der Waals surface area contributed by atoms with Gasteiger partial charge in [0.1, 0.15) is 5.82 Å². The standard InChI is InChI=1S/C20H22FNO3/c1-15(17-6-4-3-5-7-17)22(13-12-20(24)25-2)19(23)14-16-8-10-18(21)11-9-16/h3-11,15H,12-14H2,1-2H3. The number of amides is 1. The van der Waals surface area contributed by atoms with E-state index >= 15 is 0 Å². The molecule has 0 fully saturated rings. The second-order valence-corrected chi connectivity index (χ2v) is 5.80. The van der Waals surface area contributed by atoms with Crippen LogP contribution in [-0.4, -0.2) is 30.4 Å². The number of hydrogen-bond acceptors (Lipinski definition) is 3. The largest absolute Gasteiger partial charge is 0.469 e. The molecule has 0 saturated carbocycles. The zero-order valence-corrected chi connectivity index (χ0v) is 14.4. The Morgan fingerprint density at radius 2 is 1.72 bits per heavy atom. The summed E-state index contributed by atoms with van der Waals surface area (Å²) < 4.78 is 17.7. The summed E-state index contributed by atoms with van der Waals surface area (Å²) in [5, 5.41) is 0. The van der Waals surface area contributed by atoms with Gasteiger partial charge in [0.25, 0.3) is 0 Å². The van der Waals surface area contributed by atoms with Crippen molar-refractivity contribution in [1.29, 1.82) is 0 Å². The quantitative estimate of drug-likeness (QED) is 0.723. The third kappa shape index (κ3) is 5.41. The highest BCUT2D eigenvalue weighted by Crippen LogP contribution is 2.21. The average molecular weight is 343 g/mol. The monoisotopic (exact) mass is 343 g/mol. The van der Waals surface area contributed by atoms with Gasteiger partial charge in [0.15, 0.2) is 0 Å². The fourth-order valence-electron chi connectivity index (χ4n) is 2.64. The van der Waals surface area contributed by atoms with E-state index in [-0.39, 0.29) is 43.1 Å². The number of rotatable bonds is 7. The molecular weight excluding hydrogens is 321 g/mol. The van der Waals surface area contributed by atoms with Crippen molar-refractivity contribution in [3.63, 3.8) is 0 Å². The first kappa shape index (κ1) is 18.6. The zero-order valence-electron chi connectivity index (χ0n) is 14.4. The summed E-state index contributed by atoms with van der Waals surface area (Å²) in [4.78, 5) is 25.9. The van der Waals surface area contributed by atoms with Gasteiger partial charge in [-0.15, -0.1) is 0 Å². The fourth-order valence-corrected chi connectivity index (χ4v) is 2.64. The van der Waals surface area contributed by atoms with Gasteiger partial charge in [0, 0.05) is 6.54 Å². The van der Waals surface area contributed by atoms with E-state index in [4.69, 9.17) is 0 Å². The summed E-state index contributed by atoms with van der Waals surface area (Å²) in [6, 6.07) is 15.3. The smallest absolute Gasteiger partial charge is 0.307 e. The number of carbonyl (C=O) groups excluding carboxylic acids is 2. The predicted octanol–water partition coefficient (Wildman–Crippen LogP) is 3.52. The van der Waals surface area contributed by atoms with Crippen molar-refractivity contribution in [3.8, 4) is 0 Å². The molecule has 2 aromatic carbocycles. The Kier molecular flexibility index (Phi) is 6.69. The van der Waals surface area contributed by atoms with Crippen LogP contribution in [0.3, 0.4) is 0 Å².